The summed E-state index contributed by atoms with van der Waals surface area (Å²) in [6.45, 7) is 5.78. The molecule has 0 atom stereocenters. The average molecular weight is 375 g/mol. The maximum absolute atomic E-state index is 12.1. The summed E-state index contributed by atoms with van der Waals surface area (Å²) in [6.07, 6.45) is 2.13. The van der Waals surface area contributed by atoms with Crippen LogP contribution in [-0.4, -0.2) is 55.1 Å². The van der Waals surface area contributed by atoms with Gasteiger partial charge in [-0.05, 0) is 45.2 Å². The van der Waals surface area contributed by atoms with Gasteiger partial charge in [0, 0.05) is 37.7 Å². The van der Waals surface area contributed by atoms with Gasteiger partial charge in [-0.3, -0.25) is 9.59 Å². The van der Waals surface area contributed by atoms with Crippen molar-refractivity contribution in [1.82, 2.24) is 15.5 Å². The van der Waals surface area contributed by atoms with Gasteiger partial charge in [0.25, 0.3) is 5.91 Å². The van der Waals surface area contributed by atoms with Gasteiger partial charge in [0.1, 0.15) is 0 Å². The van der Waals surface area contributed by atoms with Gasteiger partial charge in [0.15, 0.2) is 0 Å². The molecule has 0 radical (unpaired) electrons. The van der Waals surface area contributed by atoms with E-state index >= 15 is 0 Å². The van der Waals surface area contributed by atoms with Crippen LogP contribution < -0.4 is 10.6 Å². The lowest BCUT2D eigenvalue weighted by molar-refractivity contribution is -0.122. The molecule has 1 aliphatic heterocycles. The number of nitrogens with zero attached hydrogens (tertiary/aromatic N) is 1. The molecule has 0 unspecified atom stereocenters. The second-order valence-electron chi connectivity index (χ2n) is 6.75. The van der Waals surface area contributed by atoms with E-state index in [1.165, 1.54) is 0 Å². The van der Waals surface area contributed by atoms with Gasteiger partial charge >= 0.3 is 6.09 Å². The highest BCUT2D eigenvalue weighted by molar-refractivity contribution is 5.94. The van der Waals surface area contributed by atoms with Crippen molar-refractivity contribution in [2.45, 2.75) is 45.6 Å². The number of benzene rings is 1. The number of piperidine rings is 1. The van der Waals surface area contributed by atoms with E-state index in [0.29, 0.717) is 44.6 Å². The predicted octanol–water partition coefficient (Wildman–Crippen LogP) is 2.24. The summed E-state index contributed by atoms with van der Waals surface area (Å²) >= 11 is 0. The van der Waals surface area contributed by atoms with Gasteiger partial charge in [-0.1, -0.05) is 17.7 Å². The molecule has 0 aromatic heterocycles. The smallest absolute Gasteiger partial charge is 0.409 e. The predicted molar refractivity (Wildman–Crippen MR) is 103 cm³/mol. The Morgan fingerprint density at radius 3 is 2.44 bits per heavy atom. The maximum atomic E-state index is 12.1. The van der Waals surface area contributed by atoms with E-state index in [1.807, 2.05) is 19.1 Å². The van der Waals surface area contributed by atoms with Crippen molar-refractivity contribution in [1.29, 1.82) is 0 Å². The number of likely N-dealkylation sites (tertiary alicyclic amines) is 1. The Morgan fingerprint density at radius 1 is 1.15 bits per heavy atom. The second kappa shape index (κ2) is 10.5. The fraction of sp³-hybridized carbons (Fsp3) is 0.550. The van der Waals surface area contributed by atoms with Crippen molar-refractivity contribution in [2.75, 3.05) is 26.2 Å². The zero-order chi connectivity index (χ0) is 19.6. The van der Waals surface area contributed by atoms with Crippen LogP contribution in [0.4, 0.5) is 4.79 Å². The van der Waals surface area contributed by atoms with Crippen LogP contribution in [0, 0.1) is 6.92 Å². The average Bonchev–Trinajstić information content (AvgIpc) is 2.66. The van der Waals surface area contributed by atoms with Crippen LogP contribution in [0.1, 0.15) is 48.5 Å². The molecular formula is C20H29N3O4. The van der Waals surface area contributed by atoms with Crippen LogP contribution in [0.2, 0.25) is 0 Å². The van der Waals surface area contributed by atoms with E-state index in [4.69, 9.17) is 4.74 Å². The normalized spacial score (nSPS) is 14.5. The Morgan fingerprint density at radius 2 is 1.81 bits per heavy atom. The van der Waals surface area contributed by atoms with Crippen LogP contribution >= 0.6 is 0 Å². The van der Waals surface area contributed by atoms with Crippen LogP contribution in [-0.2, 0) is 9.53 Å². The van der Waals surface area contributed by atoms with Crippen molar-refractivity contribution < 1.29 is 19.1 Å². The van der Waals surface area contributed by atoms with Crippen molar-refractivity contribution >= 4 is 17.9 Å². The minimum atomic E-state index is -0.286. The summed E-state index contributed by atoms with van der Waals surface area (Å²) in [5.41, 5.74) is 1.73. The SMILES string of the molecule is CCOC(=O)N1CCC(NC(=O)CCCNC(=O)c2ccc(C)cc2)CC1. The molecule has 0 bridgehead atoms. The first-order chi connectivity index (χ1) is 13.0. The number of hydrogen-bond donors (Lipinski definition) is 2. The summed E-state index contributed by atoms with van der Waals surface area (Å²) in [4.78, 5) is 37.4. The molecule has 1 fully saturated rings. The Kier molecular flexibility index (Phi) is 8.10. The largest absolute Gasteiger partial charge is 0.450 e. The maximum Gasteiger partial charge on any atom is 0.409 e. The monoisotopic (exact) mass is 375 g/mol. The number of hydrogen-bond acceptors (Lipinski definition) is 4. The van der Waals surface area contributed by atoms with Gasteiger partial charge < -0.3 is 20.3 Å². The van der Waals surface area contributed by atoms with Gasteiger partial charge in [-0.15, -0.1) is 0 Å². The molecule has 0 saturated carbocycles. The molecule has 7 heteroatoms. The van der Waals surface area contributed by atoms with Crippen LogP contribution in [0.25, 0.3) is 0 Å². The fourth-order valence-electron chi connectivity index (χ4n) is 2.98. The van der Waals surface area contributed by atoms with Crippen LogP contribution in [0.5, 0.6) is 0 Å². The van der Waals surface area contributed by atoms with E-state index < -0.39 is 0 Å². The number of ether oxygens (including phenoxy) is 1. The lowest BCUT2D eigenvalue weighted by Gasteiger charge is -2.31. The molecule has 7 nitrogen and oxygen atoms in total. The van der Waals surface area contributed by atoms with Crippen molar-refractivity contribution in [2.24, 2.45) is 0 Å². The number of nitrogens with one attached hydrogen (secondary N) is 2. The van der Waals surface area contributed by atoms with E-state index in [9.17, 15) is 14.4 Å². The third-order valence-corrected chi connectivity index (χ3v) is 4.57. The van der Waals surface area contributed by atoms with E-state index in [0.717, 1.165) is 18.4 Å². The number of rotatable bonds is 7. The second-order valence-corrected chi connectivity index (χ2v) is 6.75. The number of carbonyl (C=O) groups is 3. The lowest BCUT2D eigenvalue weighted by Crippen LogP contribution is -2.46. The van der Waals surface area contributed by atoms with E-state index in [2.05, 4.69) is 10.6 Å². The first-order valence-corrected chi connectivity index (χ1v) is 9.55. The highest BCUT2D eigenvalue weighted by Gasteiger charge is 2.24. The summed E-state index contributed by atoms with van der Waals surface area (Å²) in [5, 5.41) is 5.84. The number of amides is 3. The quantitative estimate of drug-likeness (QED) is 0.716. The third kappa shape index (κ3) is 6.92. The minimum absolute atomic E-state index is 0.0193. The minimum Gasteiger partial charge on any atom is -0.450 e. The summed E-state index contributed by atoms with van der Waals surface area (Å²) in [6, 6.07) is 7.47. The first kappa shape index (κ1) is 20.7. The summed E-state index contributed by atoms with van der Waals surface area (Å²) in [5.74, 6) is -0.143. The molecule has 148 valence electrons. The van der Waals surface area contributed by atoms with Gasteiger partial charge in [0.05, 0.1) is 6.61 Å². The molecule has 27 heavy (non-hydrogen) atoms. The Balaban J connectivity index is 1.59. The molecule has 0 aliphatic carbocycles. The molecule has 0 spiro atoms. The third-order valence-electron chi connectivity index (χ3n) is 4.57. The standard InChI is InChI=1S/C20H29N3O4/c1-3-27-20(26)23-13-10-17(11-14-23)22-18(24)5-4-12-21-19(25)16-8-6-15(2)7-9-16/h6-9,17H,3-5,10-14H2,1-2H3,(H,21,25)(H,22,24). The van der Waals surface area contributed by atoms with Gasteiger partial charge in [0.2, 0.25) is 5.91 Å². The molecule has 2 N–H and O–H groups in total. The first-order valence-electron chi connectivity index (χ1n) is 9.55. The number of aryl methyl sites for hydroxylation is 1. The highest BCUT2D eigenvalue weighted by atomic mass is 16.6. The molecule has 1 heterocycles. The number of carbonyl (C=O) groups excluding carboxylic acids is 3. The molecule has 2 rings (SSSR count). The molecular weight excluding hydrogens is 346 g/mol. The van der Waals surface area contributed by atoms with Crippen molar-refractivity contribution in [3.63, 3.8) is 0 Å². The van der Waals surface area contributed by atoms with Crippen LogP contribution in [0.15, 0.2) is 24.3 Å². The zero-order valence-corrected chi connectivity index (χ0v) is 16.1. The molecule has 1 aliphatic rings. The van der Waals surface area contributed by atoms with Gasteiger partial charge in [-0.25, -0.2) is 4.79 Å². The zero-order valence-electron chi connectivity index (χ0n) is 16.1. The summed E-state index contributed by atoms with van der Waals surface area (Å²) in [7, 11) is 0. The fourth-order valence-corrected chi connectivity index (χ4v) is 2.98. The Bertz CT molecular complexity index is 637. The van der Waals surface area contributed by atoms with Gasteiger partial charge in [-0.2, -0.15) is 0 Å². The lowest BCUT2D eigenvalue weighted by atomic mass is 10.1. The Labute approximate surface area is 160 Å². The summed E-state index contributed by atoms with van der Waals surface area (Å²) < 4.78 is 4.99. The van der Waals surface area contributed by atoms with E-state index in [1.54, 1.807) is 24.0 Å². The highest BCUT2D eigenvalue weighted by Crippen LogP contribution is 2.12. The topological polar surface area (TPSA) is 87.7 Å². The van der Waals surface area contributed by atoms with Crippen molar-refractivity contribution in [3.8, 4) is 0 Å². The molecule has 1 saturated heterocycles. The molecule has 3 amide bonds. The molecule has 1 aromatic carbocycles. The van der Waals surface area contributed by atoms with Crippen LogP contribution in [0.3, 0.4) is 0 Å². The Hall–Kier alpha value is -2.57. The molecule has 1 aromatic rings. The van der Waals surface area contributed by atoms with E-state index in [-0.39, 0.29) is 23.9 Å². The van der Waals surface area contributed by atoms with Crippen molar-refractivity contribution in [3.05, 3.63) is 35.4 Å².